The lowest BCUT2D eigenvalue weighted by Crippen LogP contribution is -3.05. The molecule has 0 saturated carbocycles. The van der Waals surface area contributed by atoms with Gasteiger partial charge in [-0.3, -0.25) is 0 Å². The predicted molar refractivity (Wildman–Crippen MR) is 126 cm³/mol. The molecule has 0 radical (unpaired) electrons. The molecule has 0 fully saturated rings. The van der Waals surface area contributed by atoms with Gasteiger partial charge in [0.15, 0.2) is 5.16 Å². The van der Waals surface area contributed by atoms with E-state index in [1.54, 1.807) is 23.1 Å². The molecule has 0 bridgehead atoms. The summed E-state index contributed by atoms with van der Waals surface area (Å²) in [5, 5.41) is 5.74. The third-order valence-electron chi connectivity index (χ3n) is 5.53. The van der Waals surface area contributed by atoms with Crippen LogP contribution in [0.25, 0.3) is 20.4 Å². The minimum atomic E-state index is 0.623. The number of nitrogens with zero attached hydrogens (tertiary/aromatic N) is 3. The van der Waals surface area contributed by atoms with E-state index >= 15 is 0 Å². The van der Waals surface area contributed by atoms with E-state index in [4.69, 9.17) is 15.0 Å². The third-order valence-corrected chi connectivity index (χ3v) is 7.16. The summed E-state index contributed by atoms with van der Waals surface area (Å²) in [5.41, 5.74) is 5.42. The van der Waals surface area contributed by atoms with Crippen molar-refractivity contribution in [3.05, 3.63) is 16.8 Å². The van der Waals surface area contributed by atoms with Gasteiger partial charge in [0.25, 0.3) is 0 Å². The first-order valence-corrected chi connectivity index (χ1v) is 12.7. The van der Waals surface area contributed by atoms with Crippen molar-refractivity contribution >= 4 is 49.3 Å². The number of aromatic nitrogens is 3. The van der Waals surface area contributed by atoms with Gasteiger partial charge in [0.05, 0.1) is 30.9 Å². The minimum Gasteiger partial charge on any atom is -0.369 e. The second-order valence-electron chi connectivity index (χ2n) is 8.72. The van der Waals surface area contributed by atoms with Gasteiger partial charge in [0.1, 0.15) is 10.6 Å². The molecule has 2 N–H and O–H groups in total. The van der Waals surface area contributed by atoms with E-state index in [-0.39, 0.29) is 0 Å². The van der Waals surface area contributed by atoms with Gasteiger partial charge in [-0.1, -0.05) is 25.6 Å². The van der Waals surface area contributed by atoms with E-state index in [1.165, 1.54) is 38.2 Å². The summed E-state index contributed by atoms with van der Waals surface area (Å²) in [5.74, 6) is 1.60. The summed E-state index contributed by atoms with van der Waals surface area (Å²) >= 11 is 3.38. The molecule has 1 aliphatic rings. The van der Waals surface area contributed by atoms with Gasteiger partial charge < -0.3 is 10.2 Å². The molecule has 3 aromatic heterocycles. The Balaban J connectivity index is 1.82. The highest BCUT2D eigenvalue weighted by molar-refractivity contribution is 7.98. The zero-order valence-electron chi connectivity index (χ0n) is 18.2. The largest absolute Gasteiger partial charge is 0.369 e. The first-order valence-electron chi connectivity index (χ1n) is 10.7. The highest BCUT2D eigenvalue weighted by atomic mass is 32.2. The van der Waals surface area contributed by atoms with Crippen LogP contribution >= 0.6 is 23.1 Å². The number of nitrogens with one attached hydrogen (secondary N) is 2. The van der Waals surface area contributed by atoms with Crippen LogP contribution in [0.4, 0.5) is 5.82 Å². The Labute approximate surface area is 181 Å². The van der Waals surface area contributed by atoms with E-state index < -0.39 is 0 Å². The third kappa shape index (κ3) is 4.23. The lowest BCUT2D eigenvalue weighted by atomic mass is 9.99. The number of thiophene rings is 1. The molecule has 4 rings (SSSR count). The van der Waals surface area contributed by atoms with E-state index in [1.807, 2.05) is 0 Å². The molecule has 3 aromatic rings. The molecule has 7 heteroatoms. The maximum atomic E-state index is 5.15. The van der Waals surface area contributed by atoms with Crippen LogP contribution in [0.1, 0.15) is 43.5 Å². The number of hydrogen-bond acceptors (Lipinski definition) is 6. The Morgan fingerprint density at radius 3 is 2.66 bits per heavy atom. The summed E-state index contributed by atoms with van der Waals surface area (Å²) in [6, 6.07) is 0. The fourth-order valence-corrected chi connectivity index (χ4v) is 5.73. The lowest BCUT2D eigenvalue weighted by Gasteiger charge is -2.11. The second-order valence-corrected chi connectivity index (χ2v) is 10.5. The van der Waals surface area contributed by atoms with Gasteiger partial charge in [0, 0.05) is 24.0 Å². The van der Waals surface area contributed by atoms with Crippen LogP contribution in [0.3, 0.4) is 0 Å². The molecule has 1 aliphatic carbocycles. The van der Waals surface area contributed by atoms with Crippen molar-refractivity contribution < 1.29 is 4.90 Å². The van der Waals surface area contributed by atoms with Crippen LogP contribution in [0.2, 0.25) is 0 Å². The van der Waals surface area contributed by atoms with E-state index in [0.717, 1.165) is 60.1 Å². The molecule has 0 unspecified atom stereocenters. The lowest BCUT2D eigenvalue weighted by molar-refractivity contribution is -0.858. The number of hydrogen-bond donors (Lipinski definition) is 2. The van der Waals surface area contributed by atoms with Gasteiger partial charge in [-0.05, 0) is 49.0 Å². The first kappa shape index (κ1) is 20.8. The number of pyridine rings is 1. The van der Waals surface area contributed by atoms with Crippen molar-refractivity contribution in [1.29, 1.82) is 0 Å². The Hall–Kier alpha value is -1.44. The van der Waals surface area contributed by atoms with Gasteiger partial charge in [-0.25, -0.2) is 15.0 Å². The number of thioether (sulfide) groups is 1. The first-order chi connectivity index (χ1) is 14.0. The van der Waals surface area contributed by atoms with E-state index in [0.29, 0.717) is 5.92 Å². The number of rotatable bonds is 8. The molecule has 0 spiro atoms. The van der Waals surface area contributed by atoms with Gasteiger partial charge in [0.2, 0.25) is 0 Å². The summed E-state index contributed by atoms with van der Waals surface area (Å²) in [6.45, 7) is 6.65. The topological polar surface area (TPSA) is 55.1 Å². The second kappa shape index (κ2) is 8.74. The number of anilines is 1. The minimum absolute atomic E-state index is 0.623. The van der Waals surface area contributed by atoms with Crippen LogP contribution in [-0.2, 0) is 19.3 Å². The molecule has 0 amide bonds. The van der Waals surface area contributed by atoms with Crippen molar-refractivity contribution in [1.82, 2.24) is 15.0 Å². The Morgan fingerprint density at radius 2 is 1.93 bits per heavy atom. The fraction of sp³-hybridized carbons (Fsp3) is 0.591. The fourth-order valence-electron chi connectivity index (χ4n) is 4.24. The smallest absolute Gasteiger partial charge is 0.189 e. The average molecular weight is 431 g/mol. The van der Waals surface area contributed by atoms with Gasteiger partial charge in [-0.2, -0.15) is 0 Å². The van der Waals surface area contributed by atoms with E-state index in [9.17, 15) is 0 Å². The quantitative estimate of drug-likeness (QED) is 0.325. The molecule has 0 aliphatic heterocycles. The van der Waals surface area contributed by atoms with Gasteiger partial charge >= 0.3 is 0 Å². The highest BCUT2D eigenvalue weighted by Crippen LogP contribution is 2.42. The normalized spacial score (nSPS) is 13.9. The molecular formula is C22H32N5S2+. The number of fused-ring (bicyclic) bond motifs is 5. The Bertz CT molecular complexity index is 1030. The van der Waals surface area contributed by atoms with Gasteiger partial charge in [-0.15, -0.1) is 11.3 Å². The summed E-state index contributed by atoms with van der Waals surface area (Å²) in [7, 11) is 4.39. The Morgan fingerprint density at radius 1 is 1.14 bits per heavy atom. The van der Waals surface area contributed by atoms with Crippen molar-refractivity contribution in [3.8, 4) is 0 Å². The molecule has 0 aromatic carbocycles. The van der Waals surface area contributed by atoms with Crippen LogP contribution in [0, 0.1) is 5.92 Å². The van der Waals surface area contributed by atoms with Crippen molar-refractivity contribution in [2.24, 2.45) is 5.92 Å². The van der Waals surface area contributed by atoms with Crippen molar-refractivity contribution in [2.45, 2.75) is 51.1 Å². The van der Waals surface area contributed by atoms with Crippen LogP contribution < -0.4 is 10.2 Å². The van der Waals surface area contributed by atoms with E-state index in [2.05, 4.69) is 39.5 Å². The highest BCUT2D eigenvalue weighted by Gasteiger charge is 2.25. The molecule has 3 heterocycles. The zero-order valence-corrected chi connectivity index (χ0v) is 19.8. The zero-order chi connectivity index (χ0) is 20.5. The molecule has 156 valence electrons. The summed E-state index contributed by atoms with van der Waals surface area (Å²) in [6.07, 6.45) is 7.79. The number of quaternary nitrogens is 1. The molecule has 5 nitrogen and oxygen atoms in total. The maximum Gasteiger partial charge on any atom is 0.189 e. The molecule has 29 heavy (non-hydrogen) atoms. The predicted octanol–water partition coefficient (Wildman–Crippen LogP) is 3.60. The summed E-state index contributed by atoms with van der Waals surface area (Å²) in [4.78, 5) is 17.5. The molecule has 0 saturated heterocycles. The standard InChI is InChI=1S/C22H31N5S2/c1-13(2)12-16-14-8-6-9-15(14)17-18-19(29-21(17)24-16)20(26-22(25-18)28-5)23-10-7-11-27(3)4/h13H,6-12H2,1-5H3,(H,23,25,26)/p+1. The monoisotopic (exact) mass is 430 g/mol. The Kier molecular flexibility index (Phi) is 6.27. The van der Waals surface area contributed by atoms with Crippen molar-refractivity contribution in [3.63, 3.8) is 0 Å². The molecular weight excluding hydrogens is 398 g/mol. The SMILES string of the molecule is CSc1nc(NCCC[NH+](C)C)c2sc3nc(CC(C)C)c4c(c3c2n1)CCC4. The maximum absolute atomic E-state index is 5.15. The number of aryl methyl sites for hydroxylation is 1. The average Bonchev–Trinajstić information content (AvgIpc) is 3.28. The van der Waals surface area contributed by atoms with Crippen LogP contribution in [-0.4, -0.2) is 48.4 Å². The molecule has 0 atom stereocenters. The van der Waals surface area contributed by atoms with Crippen LogP contribution in [0.5, 0.6) is 0 Å². The van der Waals surface area contributed by atoms with Crippen LogP contribution in [0.15, 0.2) is 5.16 Å². The van der Waals surface area contributed by atoms with Crippen molar-refractivity contribution in [2.75, 3.05) is 38.8 Å². The summed E-state index contributed by atoms with van der Waals surface area (Å²) < 4.78 is 1.17.